The molecule has 154 valence electrons. The molecule has 0 bridgehead atoms. The zero-order chi connectivity index (χ0) is 20.3. The first-order chi connectivity index (χ1) is 13.2. The van der Waals surface area contributed by atoms with E-state index < -0.39 is 5.60 Å². The molecule has 2 aliphatic rings. The molecular formula is C23H34N2O3. The highest BCUT2D eigenvalue weighted by Crippen LogP contribution is 2.30. The van der Waals surface area contributed by atoms with Gasteiger partial charge in [-0.1, -0.05) is 13.0 Å². The van der Waals surface area contributed by atoms with Crippen LogP contribution in [0.4, 0.5) is 4.79 Å². The van der Waals surface area contributed by atoms with Gasteiger partial charge in [-0.15, -0.1) is 0 Å². The number of hydrogen-bond donors (Lipinski definition) is 0. The molecule has 5 heteroatoms. The van der Waals surface area contributed by atoms with Crippen molar-refractivity contribution < 1.29 is 14.3 Å². The maximum atomic E-state index is 12.7. The van der Waals surface area contributed by atoms with Gasteiger partial charge < -0.3 is 14.4 Å². The predicted octanol–water partition coefficient (Wildman–Crippen LogP) is 4.78. The first-order valence-corrected chi connectivity index (χ1v) is 10.4. The summed E-state index contributed by atoms with van der Waals surface area (Å²) in [6.07, 6.45) is 5.24. The zero-order valence-electron chi connectivity index (χ0n) is 17.9. The molecule has 28 heavy (non-hydrogen) atoms. The lowest BCUT2D eigenvalue weighted by molar-refractivity contribution is 0.0327. The van der Waals surface area contributed by atoms with Gasteiger partial charge in [0.05, 0.1) is 5.70 Å². The van der Waals surface area contributed by atoms with Gasteiger partial charge in [0, 0.05) is 19.6 Å². The lowest BCUT2D eigenvalue weighted by atomic mass is 9.98. The molecule has 0 N–H and O–H groups in total. The van der Waals surface area contributed by atoms with Crippen LogP contribution in [0, 0.1) is 5.92 Å². The van der Waals surface area contributed by atoms with E-state index in [2.05, 4.69) is 24.9 Å². The van der Waals surface area contributed by atoms with Crippen LogP contribution in [-0.2, 0) is 4.74 Å². The van der Waals surface area contributed by atoms with E-state index >= 15 is 0 Å². The highest BCUT2D eigenvalue weighted by molar-refractivity contribution is 5.83. The number of hydrogen-bond acceptors (Lipinski definition) is 4. The second kappa shape index (κ2) is 8.56. The van der Waals surface area contributed by atoms with Crippen LogP contribution in [0.5, 0.6) is 5.75 Å². The fourth-order valence-corrected chi connectivity index (χ4v) is 3.67. The highest BCUT2D eigenvalue weighted by Gasteiger charge is 2.29. The fraction of sp³-hybridized carbons (Fsp3) is 0.609. The molecule has 0 aliphatic carbocycles. The van der Waals surface area contributed by atoms with Crippen LogP contribution in [0.1, 0.15) is 52.5 Å². The van der Waals surface area contributed by atoms with E-state index in [4.69, 9.17) is 9.47 Å². The third-order valence-corrected chi connectivity index (χ3v) is 5.23. The number of likely N-dealkylation sites (tertiary alicyclic amines) is 1. The Kier molecular flexibility index (Phi) is 6.33. The van der Waals surface area contributed by atoms with Crippen LogP contribution in [0.3, 0.4) is 0 Å². The van der Waals surface area contributed by atoms with Crippen LogP contribution in [-0.4, -0.2) is 54.3 Å². The van der Waals surface area contributed by atoms with Crippen molar-refractivity contribution in [3.05, 3.63) is 35.9 Å². The summed E-state index contributed by atoms with van der Waals surface area (Å²) in [7, 11) is 2.15. The number of carbonyl (C=O) groups is 1. The lowest BCUT2D eigenvalue weighted by Gasteiger charge is -2.34. The van der Waals surface area contributed by atoms with Gasteiger partial charge in [0.15, 0.2) is 0 Å². The number of amides is 1. The summed E-state index contributed by atoms with van der Waals surface area (Å²) < 4.78 is 11.8. The normalized spacial score (nSPS) is 22.0. The van der Waals surface area contributed by atoms with Crippen LogP contribution in [0.25, 0.3) is 5.70 Å². The lowest BCUT2D eigenvalue weighted by Crippen LogP contribution is -2.39. The Morgan fingerprint density at radius 1 is 1.11 bits per heavy atom. The first-order valence-electron chi connectivity index (χ1n) is 10.4. The zero-order valence-corrected chi connectivity index (χ0v) is 17.9. The van der Waals surface area contributed by atoms with Crippen molar-refractivity contribution in [1.29, 1.82) is 0 Å². The Balaban J connectivity index is 1.70. The van der Waals surface area contributed by atoms with Crippen molar-refractivity contribution in [2.45, 2.75) is 58.7 Å². The summed E-state index contributed by atoms with van der Waals surface area (Å²) in [5.74, 6) is 1.32. The molecule has 0 spiro atoms. The van der Waals surface area contributed by atoms with E-state index in [-0.39, 0.29) is 12.2 Å². The molecule has 1 fully saturated rings. The second-order valence-electron chi connectivity index (χ2n) is 9.17. The van der Waals surface area contributed by atoms with Gasteiger partial charge in [0.25, 0.3) is 0 Å². The van der Waals surface area contributed by atoms with Crippen molar-refractivity contribution in [3.63, 3.8) is 0 Å². The third-order valence-electron chi connectivity index (χ3n) is 5.23. The van der Waals surface area contributed by atoms with Crippen molar-refractivity contribution >= 4 is 11.8 Å². The number of rotatable bonds is 3. The summed E-state index contributed by atoms with van der Waals surface area (Å²) in [4.78, 5) is 16.8. The van der Waals surface area contributed by atoms with Crippen LogP contribution in [0.2, 0.25) is 0 Å². The average Bonchev–Trinajstić information content (AvgIpc) is 2.63. The topological polar surface area (TPSA) is 42.0 Å². The minimum atomic E-state index is -0.505. The van der Waals surface area contributed by atoms with Gasteiger partial charge in [-0.2, -0.15) is 0 Å². The highest BCUT2D eigenvalue weighted by atomic mass is 16.6. The Morgan fingerprint density at radius 3 is 2.36 bits per heavy atom. The van der Waals surface area contributed by atoms with Gasteiger partial charge in [-0.3, -0.25) is 4.90 Å². The van der Waals surface area contributed by atoms with Crippen molar-refractivity contribution in [3.8, 4) is 5.75 Å². The molecule has 0 aromatic heterocycles. The molecular weight excluding hydrogens is 352 g/mol. The first kappa shape index (κ1) is 20.7. The van der Waals surface area contributed by atoms with Crippen molar-refractivity contribution in [2.24, 2.45) is 5.92 Å². The monoisotopic (exact) mass is 386 g/mol. The maximum Gasteiger partial charge on any atom is 0.414 e. The summed E-state index contributed by atoms with van der Waals surface area (Å²) in [6, 6.07) is 8.12. The van der Waals surface area contributed by atoms with Crippen molar-refractivity contribution in [1.82, 2.24) is 9.80 Å². The van der Waals surface area contributed by atoms with Gasteiger partial charge in [-0.05, 0) is 82.8 Å². The molecule has 0 radical (unpaired) electrons. The Bertz CT molecular complexity index is 698. The summed E-state index contributed by atoms with van der Waals surface area (Å²) in [6.45, 7) is 10.7. The number of carbonyl (C=O) groups excluding carboxylic acids is 1. The summed E-state index contributed by atoms with van der Waals surface area (Å²) in [5, 5.41) is 0. The number of benzene rings is 1. The standard InChI is InChI=1S/C23H34N2O3/c1-17-6-11-21(25(16-17)22(26)28-23(2,3)4)18-7-9-19(10-8-18)27-20-12-14-24(5)15-13-20/h7-11,17,20H,6,12-16H2,1-5H3/t17-/m0/s1. The Hall–Kier alpha value is -2.01. The molecule has 1 aromatic rings. The second-order valence-corrected chi connectivity index (χ2v) is 9.17. The SMILES string of the molecule is C[C@H]1CC=C(c2ccc(OC3CCN(C)CC3)cc2)N(C(=O)OC(C)(C)C)C1. The summed E-state index contributed by atoms with van der Waals surface area (Å²) >= 11 is 0. The van der Waals surface area contributed by atoms with Gasteiger partial charge >= 0.3 is 6.09 Å². The molecule has 1 amide bonds. The smallest absolute Gasteiger partial charge is 0.414 e. The third kappa shape index (κ3) is 5.51. The average molecular weight is 387 g/mol. The van der Waals surface area contributed by atoms with Crippen LogP contribution >= 0.6 is 0 Å². The van der Waals surface area contributed by atoms with E-state index in [1.165, 1.54) is 0 Å². The van der Waals surface area contributed by atoms with E-state index in [1.54, 1.807) is 4.90 Å². The molecule has 0 unspecified atom stereocenters. The number of nitrogens with zero attached hydrogens (tertiary/aromatic N) is 2. The Labute approximate surface area is 169 Å². The predicted molar refractivity (Wildman–Crippen MR) is 112 cm³/mol. The van der Waals surface area contributed by atoms with E-state index in [0.29, 0.717) is 12.5 Å². The number of piperidine rings is 1. The molecule has 3 rings (SSSR count). The Morgan fingerprint density at radius 2 is 1.75 bits per heavy atom. The summed E-state index contributed by atoms with van der Waals surface area (Å²) in [5.41, 5.74) is 1.45. The minimum absolute atomic E-state index is 0.281. The van der Waals surface area contributed by atoms with Crippen LogP contribution in [0.15, 0.2) is 30.3 Å². The van der Waals surface area contributed by atoms with E-state index in [9.17, 15) is 4.79 Å². The van der Waals surface area contributed by atoms with Crippen molar-refractivity contribution in [2.75, 3.05) is 26.7 Å². The molecule has 1 aromatic carbocycles. The molecule has 0 saturated carbocycles. The molecule has 2 aliphatic heterocycles. The largest absolute Gasteiger partial charge is 0.490 e. The quantitative estimate of drug-likeness (QED) is 0.750. The molecule has 1 atom stereocenters. The molecule has 1 saturated heterocycles. The maximum absolute atomic E-state index is 12.7. The molecule has 5 nitrogen and oxygen atoms in total. The van der Waals surface area contributed by atoms with Crippen LogP contribution < -0.4 is 4.74 Å². The fourth-order valence-electron chi connectivity index (χ4n) is 3.67. The van der Waals surface area contributed by atoms with Gasteiger partial charge in [0.1, 0.15) is 17.5 Å². The molecule has 2 heterocycles. The van der Waals surface area contributed by atoms with E-state index in [0.717, 1.165) is 49.4 Å². The van der Waals surface area contributed by atoms with Gasteiger partial charge in [0.2, 0.25) is 0 Å². The minimum Gasteiger partial charge on any atom is -0.490 e. The number of allylic oxidation sites excluding steroid dienone is 1. The van der Waals surface area contributed by atoms with E-state index in [1.807, 2.05) is 45.0 Å². The number of ether oxygens (including phenoxy) is 2. The van der Waals surface area contributed by atoms with Gasteiger partial charge in [-0.25, -0.2) is 4.79 Å².